The molecule has 24 heavy (non-hydrogen) atoms. The fourth-order valence-corrected chi connectivity index (χ4v) is 4.18. The van der Waals surface area contributed by atoms with Crippen LogP contribution in [0.25, 0.3) is 0 Å². The first-order valence-corrected chi connectivity index (χ1v) is 9.06. The Labute approximate surface area is 142 Å². The van der Waals surface area contributed by atoms with Crippen molar-refractivity contribution >= 4 is 5.91 Å². The molecule has 126 valence electrons. The van der Waals surface area contributed by atoms with Gasteiger partial charge in [0.05, 0.1) is 6.54 Å². The van der Waals surface area contributed by atoms with E-state index < -0.39 is 0 Å². The van der Waals surface area contributed by atoms with Crippen LogP contribution < -0.4 is 5.32 Å². The summed E-state index contributed by atoms with van der Waals surface area (Å²) in [4.78, 5) is 12.8. The number of hydrogen-bond donors (Lipinski definition) is 1. The van der Waals surface area contributed by atoms with Crippen LogP contribution in [0.5, 0.6) is 0 Å². The third-order valence-corrected chi connectivity index (χ3v) is 5.44. The van der Waals surface area contributed by atoms with Gasteiger partial charge in [-0.3, -0.25) is 4.79 Å². The minimum Gasteiger partial charge on any atom is -0.349 e. The summed E-state index contributed by atoms with van der Waals surface area (Å²) in [6, 6.07) is 10.5. The minimum atomic E-state index is 0.0714. The maximum atomic E-state index is 12.8. The highest BCUT2D eigenvalue weighted by molar-refractivity contribution is 5.79. The molecule has 1 aromatic carbocycles. The number of rotatable bonds is 4. The Kier molecular flexibility index (Phi) is 4.32. The highest BCUT2D eigenvalue weighted by atomic mass is 16.1. The number of carbonyl (C=O) groups is 1. The predicted octanol–water partition coefficient (Wildman–Crippen LogP) is 2.81. The lowest BCUT2D eigenvalue weighted by atomic mass is 9.75. The molecule has 1 saturated carbocycles. The second-order valence-corrected chi connectivity index (χ2v) is 6.91. The Balaban J connectivity index is 1.44. The number of hydrogen-bond acceptors (Lipinski definition) is 3. The van der Waals surface area contributed by atoms with Gasteiger partial charge in [0.15, 0.2) is 5.82 Å². The van der Waals surface area contributed by atoms with E-state index in [0.29, 0.717) is 12.5 Å². The van der Waals surface area contributed by atoms with Gasteiger partial charge in [-0.25, -0.2) is 0 Å². The Morgan fingerprint density at radius 3 is 2.83 bits per heavy atom. The fourth-order valence-electron chi connectivity index (χ4n) is 4.18. The number of aryl methyl sites for hydroxylation is 1. The van der Waals surface area contributed by atoms with Crippen molar-refractivity contribution < 1.29 is 4.79 Å². The van der Waals surface area contributed by atoms with Crippen molar-refractivity contribution in [2.24, 2.45) is 5.92 Å². The topological polar surface area (TPSA) is 59.8 Å². The van der Waals surface area contributed by atoms with Gasteiger partial charge >= 0.3 is 0 Å². The highest BCUT2D eigenvalue weighted by Crippen LogP contribution is 2.37. The monoisotopic (exact) mass is 324 g/mol. The van der Waals surface area contributed by atoms with Crippen LogP contribution in [0.2, 0.25) is 0 Å². The maximum absolute atomic E-state index is 12.8. The molecule has 0 unspecified atom stereocenters. The van der Waals surface area contributed by atoms with Gasteiger partial charge in [-0.2, -0.15) is 0 Å². The lowest BCUT2D eigenvalue weighted by Gasteiger charge is -2.31. The summed E-state index contributed by atoms with van der Waals surface area (Å²) in [6.45, 7) is 1.47. The SMILES string of the molecule is O=C(NCc1nnc2n1CCC2)[C@@H]1CCCC[C@@H]1c1ccccc1. The molecule has 0 radical (unpaired) electrons. The van der Waals surface area contributed by atoms with Gasteiger partial charge in [0.25, 0.3) is 0 Å². The van der Waals surface area contributed by atoms with Crippen LogP contribution in [0.3, 0.4) is 0 Å². The van der Waals surface area contributed by atoms with Crippen LogP contribution in [0.4, 0.5) is 0 Å². The summed E-state index contributed by atoms with van der Waals surface area (Å²) in [6.07, 6.45) is 6.55. The number of carbonyl (C=O) groups excluding carboxylic acids is 1. The summed E-state index contributed by atoms with van der Waals surface area (Å²) in [5.41, 5.74) is 1.29. The van der Waals surface area contributed by atoms with Crippen molar-refractivity contribution in [1.29, 1.82) is 0 Å². The fraction of sp³-hybridized carbons (Fsp3) is 0.526. The first-order valence-electron chi connectivity index (χ1n) is 9.06. The Bertz CT molecular complexity index is 709. The Morgan fingerprint density at radius 1 is 1.12 bits per heavy atom. The molecule has 5 nitrogen and oxygen atoms in total. The van der Waals surface area contributed by atoms with Crippen molar-refractivity contribution in [2.45, 2.75) is 57.5 Å². The molecule has 0 bridgehead atoms. The molecule has 0 spiro atoms. The molecular weight excluding hydrogens is 300 g/mol. The number of benzene rings is 1. The third kappa shape index (κ3) is 2.95. The zero-order valence-electron chi connectivity index (χ0n) is 13.9. The molecule has 1 amide bonds. The van der Waals surface area contributed by atoms with E-state index in [1.165, 1.54) is 12.0 Å². The van der Waals surface area contributed by atoms with Crippen molar-refractivity contribution in [3.63, 3.8) is 0 Å². The molecule has 1 aliphatic heterocycles. The highest BCUT2D eigenvalue weighted by Gasteiger charge is 2.32. The number of nitrogens with zero attached hydrogens (tertiary/aromatic N) is 3. The number of nitrogens with one attached hydrogen (secondary N) is 1. The molecule has 2 aliphatic rings. The van der Waals surface area contributed by atoms with Crippen molar-refractivity contribution in [3.8, 4) is 0 Å². The van der Waals surface area contributed by atoms with Crippen molar-refractivity contribution in [1.82, 2.24) is 20.1 Å². The number of amides is 1. The van der Waals surface area contributed by atoms with Gasteiger partial charge in [-0.1, -0.05) is 43.2 Å². The van der Waals surface area contributed by atoms with Crippen molar-refractivity contribution in [3.05, 3.63) is 47.5 Å². The van der Waals surface area contributed by atoms with Crippen LogP contribution in [0.1, 0.15) is 55.2 Å². The molecule has 5 heteroatoms. The van der Waals surface area contributed by atoms with E-state index in [9.17, 15) is 4.79 Å². The van der Waals surface area contributed by atoms with Gasteiger partial charge in [-0.05, 0) is 30.7 Å². The summed E-state index contributed by atoms with van der Waals surface area (Å²) >= 11 is 0. The first-order chi connectivity index (χ1) is 11.8. The second kappa shape index (κ2) is 6.75. The lowest BCUT2D eigenvalue weighted by Crippen LogP contribution is -2.36. The summed E-state index contributed by atoms with van der Waals surface area (Å²) in [5, 5.41) is 11.6. The Morgan fingerprint density at radius 2 is 1.96 bits per heavy atom. The molecule has 1 aliphatic carbocycles. The van der Waals surface area contributed by atoms with Crippen LogP contribution >= 0.6 is 0 Å². The number of aromatic nitrogens is 3. The van der Waals surface area contributed by atoms with Crippen LogP contribution in [-0.4, -0.2) is 20.7 Å². The molecule has 2 atom stereocenters. The smallest absolute Gasteiger partial charge is 0.224 e. The predicted molar refractivity (Wildman–Crippen MR) is 91.3 cm³/mol. The molecule has 1 fully saturated rings. The van der Waals surface area contributed by atoms with Crippen molar-refractivity contribution in [2.75, 3.05) is 0 Å². The summed E-state index contributed by atoms with van der Waals surface area (Å²) < 4.78 is 2.15. The number of fused-ring (bicyclic) bond motifs is 1. The van der Waals surface area contributed by atoms with E-state index in [1.54, 1.807) is 0 Å². The summed E-state index contributed by atoms with van der Waals surface area (Å²) in [7, 11) is 0. The zero-order chi connectivity index (χ0) is 16.4. The van der Waals surface area contributed by atoms with Gasteiger partial charge < -0.3 is 9.88 Å². The van der Waals surface area contributed by atoms with Crippen LogP contribution in [0.15, 0.2) is 30.3 Å². The van der Waals surface area contributed by atoms with Gasteiger partial charge in [0.2, 0.25) is 5.91 Å². The van der Waals surface area contributed by atoms with E-state index in [-0.39, 0.29) is 11.8 Å². The molecule has 2 heterocycles. The molecule has 2 aromatic rings. The molecule has 0 saturated heterocycles. The van der Waals surface area contributed by atoms with E-state index in [2.05, 4.69) is 44.3 Å². The first kappa shape index (κ1) is 15.4. The standard InChI is InChI=1S/C19H24N4O/c24-19(20-13-18-22-21-17-11-6-12-23(17)18)16-10-5-4-9-15(16)14-7-2-1-3-8-14/h1-3,7-8,15-16H,4-6,9-13H2,(H,20,24)/t15-,16-/m1/s1. The second-order valence-electron chi connectivity index (χ2n) is 6.91. The van der Waals surface area contributed by atoms with Gasteiger partial charge in [-0.15, -0.1) is 10.2 Å². The van der Waals surface area contributed by atoms with E-state index in [0.717, 1.165) is 50.3 Å². The molecule has 4 rings (SSSR count). The van der Waals surface area contributed by atoms with E-state index in [4.69, 9.17) is 0 Å². The largest absolute Gasteiger partial charge is 0.349 e. The van der Waals surface area contributed by atoms with Crippen LogP contribution in [0, 0.1) is 5.92 Å². The van der Waals surface area contributed by atoms with Crippen LogP contribution in [-0.2, 0) is 24.3 Å². The molecular formula is C19H24N4O. The molecule has 1 aromatic heterocycles. The normalized spacial score (nSPS) is 23.0. The van der Waals surface area contributed by atoms with E-state index >= 15 is 0 Å². The van der Waals surface area contributed by atoms with E-state index in [1.807, 2.05) is 6.07 Å². The average Bonchev–Trinajstić information content (AvgIpc) is 3.24. The average molecular weight is 324 g/mol. The maximum Gasteiger partial charge on any atom is 0.224 e. The minimum absolute atomic E-state index is 0.0714. The quantitative estimate of drug-likeness (QED) is 0.941. The lowest BCUT2D eigenvalue weighted by molar-refractivity contribution is -0.126. The zero-order valence-corrected chi connectivity index (χ0v) is 13.9. The summed E-state index contributed by atoms with van der Waals surface area (Å²) in [5.74, 6) is 2.52. The Hall–Kier alpha value is -2.17. The third-order valence-electron chi connectivity index (χ3n) is 5.44. The van der Waals surface area contributed by atoms with Gasteiger partial charge in [0, 0.05) is 18.9 Å². The molecule has 1 N–H and O–H groups in total. The van der Waals surface area contributed by atoms with Gasteiger partial charge in [0.1, 0.15) is 5.82 Å².